The minimum Gasteiger partial charge on any atom is -0.350 e. The summed E-state index contributed by atoms with van der Waals surface area (Å²) in [6.07, 6.45) is 12.5. The van der Waals surface area contributed by atoms with E-state index in [-0.39, 0.29) is 5.91 Å². The van der Waals surface area contributed by atoms with Gasteiger partial charge in [-0.15, -0.1) is 0 Å². The fourth-order valence-corrected chi connectivity index (χ4v) is 5.46. The highest BCUT2D eigenvalue weighted by Crippen LogP contribution is 2.33. The van der Waals surface area contributed by atoms with E-state index in [1.54, 1.807) is 0 Å². The van der Waals surface area contributed by atoms with Crippen LogP contribution in [0.2, 0.25) is 0 Å². The van der Waals surface area contributed by atoms with E-state index < -0.39 is 0 Å². The van der Waals surface area contributed by atoms with Gasteiger partial charge in [0.2, 0.25) is 0 Å². The van der Waals surface area contributed by atoms with Gasteiger partial charge in [0.25, 0.3) is 5.91 Å². The van der Waals surface area contributed by atoms with Gasteiger partial charge in [-0.05, 0) is 62.2 Å². The van der Waals surface area contributed by atoms with Crippen molar-refractivity contribution >= 4 is 11.6 Å². The zero-order valence-electron chi connectivity index (χ0n) is 18.8. The Labute approximate surface area is 181 Å². The van der Waals surface area contributed by atoms with Crippen LogP contribution in [0.5, 0.6) is 0 Å². The first kappa shape index (κ1) is 21.4. The number of aromatic nitrogens is 2. The van der Waals surface area contributed by atoms with Crippen molar-refractivity contribution < 1.29 is 4.79 Å². The van der Waals surface area contributed by atoms with Crippen LogP contribution in [-0.2, 0) is 6.54 Å². The Balaban J connectivity index is 1.44. The quantitative estimate of drug-likeness (QED) is 0.673. The van der Waals surface area contributed by atoms with Crippen molar-refractivity contribution in [1.82, 2.24) is 19.6 Å². The van der Waals surface area contributed by atoms with Gasteiger partial charge in [-0.3, -0.25) is 14.1 Å². The maximum Gasteiger partial charge on any atom is 0.268 e. The van der Waals surface area contributed by atoms with Crippen molar-refractivity contribution in [3.8, 4) is 0 Å². The molecule has 1 N–H and O–H groups in total. The number of nitrogens with zero attached hydrogens (tertiary/aromatic N) is 3. The first-order valence-corrected chi connectivity index (χ1v) is 12.1. The number of nitrogens with one attached hydrogen (secondary N) is 1. The molecule has 1 atom stereocenters. The molecule has 30 heavy (non-hydrogen) atoms. The first-order chi connectivity index (χ1) is 14.6. The largest absolute Gasteiger partial charge is 0.350 e. The zero-order valence-corrected chi connectivity index (χ0v) is 18.8. The highest BCUT2D eigenvalue weighted by Gasteiger charge is 2.25. The highest BCUT2D eigenvalue weighted by atomic mass is 16.1. The molecule has 1 saturated carbocycles. The van der Waals surface area contributed by atoms with Crippen LogP contribution in [0.1, 0.15) is 81.4 Å². The summed E-state index contributed by atoms with van der Waals surface area (Å²) in [6.45, 7) is 8.56. The Morgan fingerprint density at radius 2 is 1.90 bits per heavy atom. The Kier molecular flexibility index (Phi) is 7.08. The smallest absolute Gasteiger partial charge is 0.268 e. The lowest BCUT2D eigenvalue weighted by atomic mass is 9.76. The molecule has 0 bridgehead atoms. The summed E-state index contributed by atoms with van der Waals surface area (Å²) in [7, 11) is 0. The van der Waals surface area contributed by atoms with Crippen LogP contribution in [-0.4, -0.2) is 39.8 Å². The van der Waals surface area contributed by atoms with Gasteiger partial charge in [-0.25, -0.2) is 4.98 Å². The number of imidazole rings is 1. The zero-order chi connectivity index (χ0) is 20.9. The molecule has 1 unspecified atom stereocenters. The molecule has 0 aromatic carbocycles. The molecule has 2 aliphatic rings. The average Bonchev–Trinajstić information content (AvgIpc) is 3.40. The summed E-state index contributed by atoms with van der Waals surface area (Å²) in [4.78, 5) is 20.3. The summed E-state index contributed by atoms with van der Waals surface area (Å²) >= 11 is 0. The number of hydrogen-bond acceptors (Lipinski definition) is 3. The molecule has 4 rings (SSSR count). The van der Waals surface area contributed by atoms with Gasteiger partial charge in [0.15, 0.2) is 0 Å². The van der Waals surface area contributed by atoms with Gasteiger partial charge < -0.3 is 5.32 Å². The first-order valence-electron chi connectivity index (χ1n) is 12.1. The molecule has 164 valence electrons. The highest BCUT2D eigenvalue weighted by molar-refractivity contribution is 5.93. The van der Waals surface area contributed by atoms with Crippen LogP contribution in [0.25, 0.3) is 5.65 Å². The van der Waals surface area contributed by atoms with Gasteiger partial charge in [0.05, 0.1) is 5.69 Å². The van der Waals surface area contributed by atoms with Crippen molar-refractivity contribution in [1.29, 1.82) is 0 Å². The summed E-state index contributed by atoms with van der Waals surface area (Å²) in [5.74, 6) is 2.04. The topological polar surface area (TPSA) is 49.6 Å². The van der Waals surface area contributed by atoms with E-state index >= 15 is 0 Å². The second-order valence-electron chi connectivity index (χ2n) is 9.85. The summed E-state index contributed by atoms with van der Waals surface area (Å²) < 4.78 is 1.97. The SMILES string of the molecule is CC(C)CC(CNC(=O)c1cccc2nc(CN3CCCC3)cn12)C1CCCCC1. The fraction of sp³-hybridized carbons (Fsp3) is 0.680. The standard InChI is InChI=1S/C25H38N4O/c1-19(2)15-21(20-9-4-3-5-10-20)16-26-25(30)23-11-8-12-24-27-22(18-29(23)24)17-28-13-6-7-14-28/h8,11-12,18-21H,3-7,9-10,13-17H2,1-2H3,(H,26,30). The Hall–Kier alpha value is -1.88. The minimum absolute atomic E-state index is 0.0234. The molecule has 1 amide bonds. The molecule has 0 radical (unpaired) electrons. The molecule has 3 heterocycles. The normalized spacial score (nSPS) is 19.6. The van der Waals surface area contributed by atoms with Crippen molar-refractivity contribution in [2.45, 2.75) is 71.8 Å². The monoisotopic (exact) mass is 410 g/mol. The van der Waals surface area contributed by atoms with Crippen molar-refractivity contribution in [2.75, 3.05) is 19.6 Å². The molecular weight excluding hydrogens is 372 g/mol. The van der Waals surface area contributed by atoms with Gasteiger partial charge >= 0.3 is 0 Å². The number of pyridine rings is 1. The number of hydrogen-bond donors (Lipinski definition) is 1. The van der Waals surface area contributed by atoms with Crippen molar-refractivity contribution in [2.24, 2.45) is 17.8 Å². The third kappa shape index (κ3) is 5.23. The van der Waals surface area contributed by atoms with Crippen molar-refractivity contribution in [3.63, 3.8) is 0 Å². The molecule has 1 saturated heterocycles. The second kappa shape index (κ2) is 9.95. The number of carbonyl (C=O) groups is 1. The molecule has 1 aliphatic heterocycles. The molecule has 2 aromatic heterocycles. The van der Waals surface area contributed by atoms with Crippen LogP contribution < -0.4 is 5.32 Å². The summed E-state index contributed by atoms with van der Waals surface area (Å²) in [5, 5.41) is 3.28. The average molecular weight is 411 g/mol. The van der Waals surface area contributed by atoms with Crippen LogP contribution in [0.4, 0.5) is 0 Å². The van der Waals surface area contributed by atoms with Gasteiger partial charge in [0.1, 0.15) is 11.3 Å². The lowest BCUT2D eigenvalue weighted by molar-refractivity contribution is 0.0926. The number of rotatable bonds is 8. The Morgan fingerprint density at radius 3 is 2.63 bits per heavy atom. The van der Waals surface area contributed by atoms with Gasteiger partial charge in [-0.1, -0.05) is 52.0 Å². The van der Waals surface area contributed by atoms with E-state index in [9.17, 15) is 4.79 Å². The number of likely N-dealkylation sites (tertiary alicyclic amines) is 1. The van der Waals surface area contributed by atoms with Gasteiger partial charge in [-0.2, -0.15) is 0 Å². The summed E-state index contributed by atoms with van der Waals surface area (Å²) in [6, 6.07) is 5.86. The van der Waals surface area contributed by atoms with Crippen LogP contribution >= 0.6 is 0 Å². The van der Waals surface area contributed by atoms with E-state index in [0.29, 0.717) is 17.5 Å². The Morgan fingerprint density at radius 1 is 1.13 bits per heavy atom. The predicted octanol–water partition coefficient (Wildman–Crippen LogP) is 4.90. The van der Waals surface area contributed by atoms with Crippen molar-refractivity contribution in [3.05, 3.63) is 35.8 Å². The maximum atomic E-state index is 13.1. The molecule has 1 aliphatic carbocycles. The number of carbonyl (C=O) groups excluding carboxylic acids is 1. The van der Waals surface area contributed by atoms with Crippen LogP contribution in [0, 0.1) is 17.8 Å². The van der Waals surface area contributed by atoms with E-state index in [1.807, 2.05) is 22.6 Å². The molecule has 0 spiro atoms. The molecular formula is C25H38N4O. The third-order valence-electron chi connectivity index (χ3n) is 6.97. The molecule has 5 nitrogen and oxygen atoms in total. The Bertz CT molecular complexity index is 831. The van der Waals surface area contributed by atoms with Crippen LogP contribution in [0.15, 0.2) is 24.4 Å². The van der Waals surface area contributed by atoms with E-state index in [4.69, 9.17) is 4.98 Å². The van der Waals surface area contributed by atoms with E-state index in [2.05, 4.69) is 30.3 Å². The lowest BCUT2D eigenvalue weighted by Crippen LogP contribution is -2.35. The number of fused-ring (bicyclic) bond motifs is 1. The predicted molar refractivity (Wildman–Crippen MR) is 122 cm³/mol. The van der Waals surface area contributed by atoms with Gasteiger partial charge in [0, 0.05) is 19.3 Å². The molecule has 2 aromatic rings. The fourth-order valence-electron chi connectivity index (χ4n) is 5.46. The molecule has 5 heteroatoms. The third-order valence-corrected chi connectivity index (χ3v) is 6.97. The van der Waals surface area contributed by atoms with E-state index in [1.165, 1.54) is 51.4 Å². The van der Waals surface area contributed by atoms with E-state index in [0.717, 1.165) is 43.4 Å². The lowest BCUT2D eigenvalue weighted by Gasteiger charge is -2.31. The maximum absolute atomic E-state index is 13.1. The number of amides is 1. The molecule has 2 fully saturated rings. The summed E-state index contributed by atoms with van der Waals surface area (Å²) in [5.41, 5.74) is 2.61. The minimum atomic E-state index is 0.0234. The second-order valence-corrected chi connectivity index (χ2v) is 9.85. The van der Waals surface area contributed by atoms with Crippen LogP contribution in [0.3, 0.4) is 0 Å².